The second-order valence-electron chi connectivity index (χ2n) is 12.1. The monoisotopic (exact) mass is 632 g/mol. The topological polar surface area (TPSA) is 228 Å². The molecule has 2 amide bonds. The summed E-state index contributed by atoms with van der Waals surface area (Å²) in [5.74, 6) is -1.33. The lowest BCUT2D eigenvalue weighted by Gasteiger charge is -2.52. The molecule has 6 rings (SSSR count). The number of β-lactam (4-membered cyclic amide) rings is 1. The van der Waals surface area contributed by atoms with Gasteiger partial charge in [-0.25, -0.2) is 14.9 Å². The number of nitrogens with one attached hydrogen (secondary N) is 2. The molecule has 3 saturated heterocycles. The number of nitrogens with zero attached hydrogens (tertiary/aromatic N) is 7. The smallest absolute Gasteiger partial charge is 0.350 e. The average Bonchev–Trinajstić information content (AvgIpc) is 3.66. The maximum atomic E-state index is 13.7. The number of aromatic nitrogens is 5. The van der Waals surface area contributed by atoms with Gasteiger partial charge in [0.15, 0.2) is 16.7 Å². The number of nitrogens with two attached hydrogens (primary N) is 2. The minimum absolute atomic E-state index is 0.101. The summed E-state index contributed by atoms with van der Waals surface area (Å²) in [6, 6.07) is 0.260. The number of piperidine rings is 1. The van der Waals surface area contributed by atoms with Gasteiger partial charge in [-0.3, -0.25) is 14.5 Å². The molecule has 3 fully saturated rings. The lowest BCUT2D eigenvalue weighted by Crippen LogP contribution is -2.70. The number of aliphatic carboxylic acids is 1. The van der Waals surface area contributed by atoms with Crippen LogP contribution in [0.1, 0.15) is 51.0 Å². The molecular formula is C25H34N11O5S2+. The van der Waals surface area contributed by atoms with E-state index in [1.54, 1.807) is 16.7 Å². The van der Waals surface area contributed by atoms with E-state index >= 15 is 0 Å². The summed E-state index contributed by atoms with van der Waals surface area (Å²) in [5.41, 5.74) is 11.9. The number of carboxylic acid groups (broad SMARTS) is 1. The number of tetrazole rings is 1. The Morgan fingerprint density at radius 3 is 2.65 bits per heavy atom. The third kappa shape index (κ3) is 5.15. The number of thiazole rings is 1. The largest absolute Gasteiger partial charge is 0.478 e. The zero-order chi connectivity index (χ0) is 30.7. The average molecular weight is 633 g/mol. The number of fused-ring (bicyclic) bond motifs is 3. The van der Waals surface area contributed by atoms with Gasteiger partial charge in [0, 0.05) is 48.4 Å². The number of nitrogen functional groups attached to an aromatic ring is 1. The van der Waals surface area contributed by atoms with Crippen LogP contribution in [0.25, 0.3) is 5.70 Å². The first-order chi connectivity index (χ1) is 20.4. The quantitative estimate of drug-likeness (QED) is 0.104. The van der Waals surface area contributed by atoms with Crippen molar-refractivity contribution in [3.05, 3.63) is 22.5 Å². The van der Waals surface area contributed by atoms with Gasteiger partial charge >= 0.3 is 5.97 Å². The predicted molar refractivity (Wildman–Crippen MR) is 157 cm³/mol. The van der Waals surface area contributed by atoms with E-state index in [9.17, 15) is 19.5 Å². The minimum Gasteiger partial charge on any atom is -0.478 e. The molecule has 2 bridgehead atoms. The van der Waals surface area contributed by atoms with Crippen LogP contribution in [0, 0.1) is 0 Å². The van der Waals surface area contributed by atoms with E-state index in [0.29, 0.717) is 29.4 Å². The highest BCUT2D eigenvalue weighted by Crippen LogP contribution is 2.47. The van der Waals surface area contributed by atoms with Crippen LogP contribution in [0.4, 0.5) is 5.13 Å². The lowest BCUT2D eigenvalue weighted by atomic mass is 9.93. The van der Waals surface area contributed by atoms with Crippen LogP contribution in [-0.4, -0.2) is 118 Å². The zero-order valence-electron chi connectivity index (χ0n) is 23.9. The number of quaternary nitrogens is 1. The highest BCUT2D eigenvalue weighted by Gasteiger charge is 2.56. The highest BCUT2D eigenvalue weighted by atomic mass is 32.2. The molecular weight excluding hydrogens is 598 g/mol. The predicted octanol–water partition coefficient (Wildman–Crippen LogP) is -0.268. The first-order valence-corrected chi connectivity index (χ1v) is 15.8. The molecule has 6 atom stereocenters. The molecule has 16 nitrogen and oxygen atoms in total. The van der Waals surface area contributed by atoms with Crippen LogP contribution < -0.4 is 16.8 Å². The summed E-state index contributed by atoms with van der Waals surface area (Å²) in [4.78, 5) is 49.6. The second kappa shape index (κ2) is 10.8. The summed E-state index contributed by atoms with van der Waals surface area (Å²) >= 11 is 2.64. The van der Waals surface area contributed by atoms with Crippen LogP contribution >= 0.6 is 23.1 Å². The molecule has 0 radical (unpaired) electrons. The molecule has 4 aliphatic heterocycles. The molecule has 0 aliphatic carbocycles. The van der Waals surface area contributed by atoms with Gasteiger partial charge in [-0.1, -0.05) is 5.16 Å². The third-order valence-electron chi connectivity index (χ3n) is 8.95. The number of aromatic amines is 1. The van der Waals surface area contributed by atoms with Crippen molar-refractivity contribution < 1.29 is 28.8 Å². The number of oxime groups is 1. The molecule has 0 aromatic carbocycles. The van der Waals surface area contributed by atoms with E-state index in [1.165, 1.54) is 19.2 Å². The molecule has 2 aromatic rings. The van der Waals surface area contributed by atoms with Gasteiger partial charge in [0.05, 0.1) is 24.8 Å². The van der Waals surface area contributed by atoms with E-state index in [-0.39, 0.29) is 28.5 Å². The normalized spacial score (nSPS) is 30.6. The number of hydrogen-bond donors (Lipinski definition) is 5. The van der Waals surface area contributed by atoms with Gasteiger partial charge in [-0.05, 0) is 24.3 Å². The van der Waals surface area contributed by atoms with Gasteiger partial charge in [0.25, 0.3) is 11.8 Å². The van der Waals surface area contributed by atoms with E-state index in [1.807, 2.05) is 0 Å². The van der Waals surface area contributed by atoms with Gasteiger partial charge in [-0.15, -0.1) is 28.2 Å². The molecule has 18 heteroatoms. The number of carbonyl (C=O) groups is 3. The lowest BCUT2D eigenvalue weighted by molar-refractivity contribution is -0.944. The molecule has 0 saturated carbocycles. The van der Waals surface area contributed by atoms with Gasteiger partial charge in [-0.2, -0.15) is 0 Å². The van der Waals surface area contributed by atoms with Crippen molar-refractivity contribution in [3.8, 4) is 0 Å². The Labute approximate surface area is 254 Å². The summed E-state index contributed by atoms with van der Waals surface area (Å²) in [6.07, 6.45) is 4.23. The van der Waals surface area contributed by atoms with E-state index in [4.69, 9.17) is 16.3 Å². The van der Waals surface area contributed by atoms with E-state index in [0.717, 1.165) is 53.6 Å². The summed E-state index contributed by atoms with van der Waals surface area (Å²) in [7, 11) is 2.29. The Hall–Kier alpha value is -3.61. The fraction of sp³-hybridized carbons (Fsp3) is 0.600. The maximum Gasteiger partial charge on any atom is 0.350 e. The molecule has 230 valence electrons. The molecule has 43 heavy (non-hydrogen) atoms. The van der Waals surface area contributed by atoms with Crippen molar-refractivity contribution >= 4 is 57.4 Å². The van der Waals surface area contributed by atoms with Crippen molar-refractivity contribution in [1.82, 2.24) is 35.8 Å². The molecule has 1 unspecified atom stereocenters. The Morgan fingerprint density at radius 2 is 2.05 bits per heavy atom. The first kappa shape index (κ1) is 29.5. The van der Waals surface area contributed by atoms with Crippen molar-refractivity contribution in [2.24, 2.45) is 10.9 Å². The van der Waals surface area contributed by atoms with Crippen LogP contribution in [0.3, 0.4) is 0 Å². The first-order valence-electron chi connectivity index (χ1n) is 13.9. The van der Waals surface area contributed by atoms with E-state index < -0.39 is 28.9 Å². The molecule has 4 aliphatic rings. The molecule has 7 N–H and O–H groups in total. The highest BCUT2D eigenvalue weighted by molar-refractivity contribution is 8.00. The SMILES string of the molecule is CC(C)(O/N=C(\C(=O)N[C@@H]1C(=O)N2C(c3nnn[nH]3)=C(C[N+]3(C)[C@@H]4CC[C@H]3C[C@@H](N)C4)CS[C@H]12)c1csc(N)n1)C(=O)O. The fourth-order valence-corrected chi connectivity index (χ4v) is 8.44. The number of carboxylic acids is 1. The number of carbonyl (C=O) groups excluding carboxylic acids is 2. The number of H-pyrrole nitrogens is 1. The zero-order valence-corrected chi connectivity index (χ0v) is 25.5. The van der Waals surface area contributed by atoms with E-state index in [2.05, 4.69) is 43.1 Å². The van der Waals surface area contributed by atoms with Crippen molar-refractivity contribution in [2.75, 3.05) is 25.1 Å². The number of hydrogen-bond acceptors (Lipinski definition) is 13. The molecule has 0 spiro atoms. The Bertz CT molecular complexity index is 1490. The number of thioether (sulfide) groups is 1. The summed E-state index contributed by atoms with van der Waals surface area (Å²) in [6.45, 7) is 3.34. The Kier molecular flexibility index (Phi) is 7.42. The maximum absolute atomic E-state index is 13.7. The molecule has 2 aromatic heterocycles. The van der Waals surface area contributed by atoms with Crippen molar-refractivity contribution in [2.45, 2.75) is 74.7 Å². The van der Waals surface area contributed by atoms with Crippen molar-refractivity contribution in [3.63, 3.8) is 0 Å². The number of amides is 2. The van der Waals surface area contributed by atoms with Crippen LogP contribution in [-0.2, 0) is 19.2 Å². The van der Waals surface area contributed by atoms with Gasteiger partial charge < -0.3 is 31.2 Å². The Morgan fingerprint density at radius 1 is 1.33 bits per heavy atom. The number of likely N-dealkylation sites (N-methyl/N-ethyl adjacent to an activating group) is 1. The number of anilines is 1. The fourth-order valence-electron chi connectivity index (χ4n) is 6.56. The van der Waals surface area contributed by atoms with Gasteiger partial charge in [0.2, 0.25) is 5.60 Å². The number of rotatable bonds is 9. The third-order valence-corrected chi connectivity index (χ3v) is 11.0. The summed E-state index contributed by atoms with van der Waals surface area (Å²) < 4.78 is 0.880. The van der Waals surface area contributed by atoms with Crippen molar-refractivity contribution in [1.29, 1.82) is 0 Å². The summed E-state index contributed by atoms with van der Waals surface area (Å²) in [5, 5.41) is 31.7. The minimum atomic E-state index is -1.71. The Balaban J connectivity index is 1.25. The van der Waals surface area contributed by atoms with Crippen LogP contribution in [0.2, 0.25) is 0 Å². The van der Waals surface area contributed by atoms with Crippen LogP contribution in [0.5, 0.6) is 0 Å². The standard InChI is InChI=1S/C25H33N11O5S2/c1-25(2,23(39)40)41-32-16(15-10-43-24(27)28-15)20(37)29-17-21(38)35-18(19-30-33-34-31-19)11(9-42-22(17)35)8-36(3)13-4-5-14(36)7-12(26)6-13/h10,12-14,17,22H,4-9,26H2,1-3H3,(H4-,27,28,29,30,31,33,34,37,39,40)/p+1/b32-16-/t12-,13+,14-,17-,22-,36?/m1/s1. The van der Waals surface area contributed by atoms with Crippen LogP contribution in [0.15, 0.2) is 16.1 Å². The molecule has 6 heterocycles. The van der Waals surface area contributed by atoms with Gasteiger partial charge in [0.1, 0.15) is 23.7 Å². The second-order valence-corrected chi connectivity index (χ2v) is 14.1.